The van der Waals surface area contributed by atoms with Crippen molar-refractivity contribution in [2.24, 2.45) is 0 Å². The molecular weight excluding hydrogens is 374 g/mol. The van der Waals surface area contributed by atoms with Gasteiger partial charge in [0.1, 0.15) is 0 Å². The van der Waals surface area contributed by atoms with E-state index in [1.54, 1.807) is 49.6 Å². The molecule has 0 aliphatic heterocycles. The number of methoxy groups -OCH3 is 2. The molecule has 3 rings (SSSR count). The van der Waals surface area contributed by atoms with Crippen molar-refractivity contribution in [1.29, 1.82) is 0 Å². The summed E-state index contributed by atoms with van der Waals surface area (Å²) in [6.45, 7) is 2.12. The normalized spacial score (nSPS) is 11.1. The monoisotopic (exact) mass is 397 g/mol. The summed E-state index contributed by atoms with van der Waals surface area (Å²) < 4.78 is 38.9. The third kappa shape index (κ3) is 4.12. The number of nitrogens with zero attached hydrogens (tertiary/aromatic N) is 1. The lowest BCUT2D eigenvalue weighted by Gasteiger charge is -2.25. The Labute approximate surface area is 166 Å². The number of aryl methyl sites for hydroxylation is 1. The molecular formula is C22H23NO4S. The molecule has 5 nitrogen and oxygen atoms in total. The molecule has 0 heterocycles. The summed E-state index contributed by atoms with van der Waals surface area (Å²) in [6.07, 6.45) is 0. The number of benzene rings is 3. The third-order valence-corrected chi connectivity index (χ3v) is 6.22. The molecule has 0 saturated carbocycles. The van der Waals surface area contributed by atoms with E-state index in [0.29, 0.717) is 17.2 Å². The van der Waals surface area contributed by atoms with Crippen LogP contribution in [0.25, 0.3) is 0 Å². The van der Waals surface area contributed by atoms with Gasteiger partial charge in [-0.2, -0.15) is 0 Å². The molecule has 3 aromatic rings. The van der Waals surface area contributed by atoms with Gasteiger partial charge in [0.15, 0.2) is 11.5 Å². The highest BCUT2D eigenvalue weighted by Crippen LogP contribution is 2.34. The second-order valence-electron chi connectivity index (χ2n) is 6.35. The third-order valence-electron chi connectivity index (χ3n) is 4.43. The van der Waals surface area contributed by atoms with Crippen LogP contribution in [-0.2, 0) is 16.6 Å². The molecule has 0 spiro atoms. The van der Waals surface area contributed by atoms with E-state index in [4.69, 9.17) is 9.47 Å². The topological polar surface area (TPSA) is 55.8 Å². The zero-order valence-electron chi connectivity index (χ0n) is 16.1. The van der Waals surface area contributed by atoms with E-state index < -0.39 is 10.0 Å². The number of ether oxygens (including phenoxy) is 2. The van der Waals surface area contributed by atoms with E-state index in [-0.39, 0.29) is 11.4 Å². The van der Waals surface area contributed by atoms with E-state index in [1.807, 2.05) is 37.3 Å². The molecule has 0 aromatic heterocycles. The molecule has 0 radical (unpaired) electrons. The summed E-state index contributed by atoms with van der Waals surface area (Å²) in [6, 6.07) is 21.4. The molecule has 146 valence electrons. The largest absolute Gasteiger partial charge is 0.493 e. The van der Waals surface area contributed by atoms with Gasteiger partial charge in [-0.15, -0.1) is 0 Å². The van der Waals surface area contributed by atoms with Crippen molar-refractivity contribution in [3.8, 4) is 11.5 Å². The minimum Gasteiger partial charge on any atom is -0.493 e. The Morgan fingerprint density at radius 1 is 0.821 bits per heavy atom. The summed E-state index contributed by atoms with van der Waals surface area (Å²) in [4.78, 5) is 0.240. The quantitative estimate of drug-likeness (QED) is 0.593. The number of hydrogen-bond acceptors (Lipinski definition) is 4. The van der Waals surface area contributed by atoms with Crippen LogP contribution < -0.4 is 13.8 Å². The highest BCUT2D eigenvalue weighted by molar-refractivity contribution is 7.92. The van der Waals surface area contributed by atoms with Crippen molar-refractivity contribution in [3.63, 3.8) is 0 Å². The number of hydrogen-bond donors (Lipinski definition) is 0. The Kier molecular flexibility index (Phi) is 5.90. The maximum Gasteiger partial charge on any atom is 0.264 e. The van der Waals surface area contributed by atoms with Gasteiger partial charge < -0.3 is 9.47 Å². The Bertz CT molecular complexity index is 1030. The van der Waals surface area contributed by atoms with Crippen molar-refractivity contribution in [2.45, 2.75) is 18.4 Å². The van der Waals surface area contributed by atoms with Crippen molar-refractivity contribution in [3.05, 3.63) is 83.9 Å². The summed E-state index contributed by atoms with van der Waals surface area (Å²) in [5, 5.41) is 0. The van der Waals surface area contributed by atoms with E-state index in [1.165, 1.54) is 11.4 Å². The minimum absolute atomic E-state index is 0.201. The molecule has 0 unspecified atom stereocenters. The molecule has 0 saturated heterocycles. The molecule has 0 atom stereocenters. The summed E-state index contributed by atoms with van der Waals surface area (Å²) in [5.41, 5.74) is 2.38. The first-order valence-electron chi connectivity index (χ1n) is 8.81. The minimum atomic E-state index is -3.78. The first kappa shape index (κ1) is 19.8. The van der Waals surface area contributed by atoms with Crippen molar-refractivity contribution >= 4 is 15.7 Å². The maximum absolute atomic E-state index is 13.5. The predicted molar refractivity (Wildman–Crippen MR) is 111 cm³/mol. The predicted octanol–water partition coefficient (Wildman–Crippen LogP) is 4.41. The molecule has 0 aliphatic carbocycles. The molecule has 0 fully saturated rings. The molecule has 0 aliphatic rings. The van der Waals surface area contributed by atoms with Crippen molar-refractivity contribution in [1.82, 2.24) is 0 Å². The van der Waals surface area contributed by atoms with E-state index in [9.17, 15) is 8.42 Å². The van der Waals surface area contributed by atoms with Crippen LogP contribution in [-0.4, -0.2) is 22.6 Å². The summed E-state index contributed by atoms with van der Waals surface area (Å²) >= 11 is 0. The average molecular weight is 397 g/mol. The van der Waals surface area contributed by atoms with Gasteiger partial charge in [-0.3, -0.25) is 4.31 Å². The lowest BCUT2D eigenvalue weighted by atomic mass is 10.2. The SMILES string of the molecule is COc1ccc(N(Cc2ccccc2)S(=O)(=O)c2ccc(C)cc2)cc1OC. The van der Waals surface area contributed by atoms with Gasteiger partial charge in [0.2, 0.25) is 0 Å². The fourth-order valence-electron chi connectivity index (χ4n) is 2.88. The van der Waals surface area contributed by atoms with Gasteiger partial charge >= 0.3 is 0 Å². The van der Waals surface area contributed by atoms with E-state index >= 15 is 0 Å². The Morgan fingerprint density at radius 2 is 1.46 bits per heavy atom. The number of rotatable bonds is 7. The fourth-order valence-corrected chi connectivity index (χ4v) is 4.33. The average Bonchev–Trinajstić information content (AvgIpc) is 2.72. The van der Waals surface area contributed by atoms with Crippen molar-refractivity contribution in [2.75, 3.05) is 18.5 Å². The van der Waals surface area contributed by atoms with Crippen LogP contribution in [0.2, 0.25) is 0 Å². The van der Waals surface area contributed by atoms with Crippen LogP contribution in [0, 0.1) is 6.92 Å². The lowest BCUT2D eigenvalue weighted by Crippen LogP contribution is -2.30. The lowest BCUT2D eigenvalue weighted by molar-refractivity contribution is 0.355. The Hall–Kier alpha value is -2.99. The van der Waals surface area contributed by atoms with Gasteiger partial charge in [-0.1, -0.05) is 48.0 Å². The van der Waals surface area contributed by atoms with Gasteiger partial charge in [0, 0.05) is 6.07 Å². The Balaban J connectivity index is 2.11. The van der Waals surface area contributed by atoms with Crippen LogP contribution in [0.5, 0.6) is 11.5 Å². The summed E-state index contributed by atoms with van der Waals surface area (Å²) in [7, 11) is -0.707. The second-order valence-corrected chi connectivity index (χ2v) is 8.21. The maximum atomic E-state index is 13.5. The molecule has 0 amide bonds. The highest BCUT2D eigenvalue weighted by Gasteiger charge is 2.26. The second kappa shape index (κ2) is 8.35. The first-order valence-corrected chi connectivity index (χ1v) is 10.2. The standard InChI is InChI=1S/C22H23NO4S/c1-17-9-12-20(13-10-17)28(24,25)23(16-18-7-5-4-6-8-18)19-11-14-21(26-2)22(15-19)27-3/h4-15H,16H2,1-3H3. The van der Waals surface area contributed by atoms with Gasteiger partial charge in [0.25, 0.3) is 10.0 Å². The smallest absolute Gasteiger partial charge is 0.264 e. The highest BCUT2D eigenvalue weighted by atomic mass is 32.2. The van der Waals surface area contributed by atoms with Crippen LogP contribution in [0.3, 0.4) is 0 Å². The van der Waals surface area contributed by atoms with Gasteiger partial charge in [0.05, 0.1) is 31.3 Å². The first-order chi connectivity index (χ1) is 13.5. The molecule has 6 heteroatoms. The van der Waals surface area contributed by atoms with E-state index in [0.717, 1.165) is 11.1 Å². The van der Waals surface area contributed by atoms with Gasteiger partial charge in [-0.25, -0.2) is 8.42 Å². The van der Waals surface area contributed by atoms with Crippen molar-refractivity contribution < 1.29 is 17.9 Å². The zero-order chi connectivity index (χ0) is 20.1. The number of sulfonamides is 1. The summed E-state index contributed by atoms with van der Waals surface area (Å²) in [5.74, 6) is 1.01. The van der Waals surface area contributed by atoms with E-state index in [2.05, 4.69) is 0 Å². The molecule has 0 N–H and O–H groups in total. The molecule has 3 aromatic carbocycles. The van der Waals surface area contributed by atoms with Gasteiger partial charge in [-0.05, 0) is 36.8 Å². The molecule has 28 heavy (non-hydrogen) atoms. The van der Waals surface area contributed by atoms with Crippen LogP contribution in [0.1, 0.15) is 11.1 Å². The Morgan fingerprint density at radius 3 is 2.07 bits per heavy atom. The van der Waals surface area contributed by atoms with Crippen LogP contribution >= 0.6 is 0 Å². The van der Waals surface area contributed by atoms with Crippen LogP contribution in [0.4, 0.5) is 5.69 Å². The number of anilines is 1. The fraction of sp³-hybridized carbons (Fsp3) is 0.182. The van der Waals surface area contributed by atoms with Crippen LogP contribution in [0.15, 0.2) is 77.7 Å². The zero-order valence-corrected chi connectivity index (χ0v) is 16.9. The molecule has 0 bridgehead atoms.